The minimum atomic E-state index is -0.613. The molecule has 0 amide bonds. The molecule has 0 aliphatic rings. The van der Waals surface area contributed by atoms with Crippen molar-refractivity contribution in [1.29, 1.82) is 0 Å². The Morgan fingerprint density at radius 2 is 2.08 bits per heavy atom. The Bertz CT molecular complexity index is 310. The quantitative estimate of drug-likeness (QED) is 0.741. The number of benzene rings is 1. The fourth-order valence-corrected chi connectivity index (χ4v) is 1.93. The van der Waals surface area contributed by atoms with E-state index < -0.39 is 6.10 Å². The topological polar surface area (TPSA) is 20.2 Å². The Morgan fingerprint density at radius 1 is 1.46 bits per heavy atom. The first-order valence-electron chi connectivity index (χ1n) is 4.08. The first-order valence-corrected chi connectivity index (χ1v) is 5.31. The SMILES string of the molecule is CSc1cc(C)c(F)cc1C(C)O. The summed E-state index contributed by atoms with van der Waals surface area (Å²) in [4.78, 5) is 0.939. The van der Waals surface area contributed by atoms with E-state index in [2.05, 4.69) is 0 Å². The van der Waals surface area contributed by atoms with Crippen LogP contribution in [0.25, 0.3) is 0 Å². The smallest absolute Gasteiger partial charge is 0.126 e. The fraction of sp³-hybridized carbons (Fsp3) is 0.400. The molecule has 0 radical (unpaired) electrons. The Morgan fingerprint density at radius 3 is 2.54 bits per heavy atom. The number of aliphatic hydroxyl groups excluding tert-OH is 1. The summed E-state index contributed by atoms with van der Waals surface area (Å²) in [5.41, 5.74) is 1.28. The molecule has 1 aromatic rings. The molecule has 1 N–H and O–H groups in total. The summed E-state index contributed by atoms with van der Waals surface area (Å²) in [5.74, 6) is -0.256. The maximum atomic E-state index is 13.1. The summed E-state index contributed by atoms with van der Waals surface area (Å²) in [7, 11) is 0. The number of aliphatic hydroxyl groups is 1. The van der Waals surface area contributed by atoms with Gasteiger partial charge in [0.25, 0.3) is 0 Å². The van der Waals surface area contributed by atoms with Gasteiger partial charge in [-0.15, -0.1) is 11.8 Å². The predicted octanol–water partition coefficient (Wildman–Crippen LogP) is 2.91. The third-order valence-corrected chi connectivity index (χ3v) is 2.75. The zero-order chi connectivity index (χ0) is 10.0. The lowest BCUT2D eigenvalue weighted by Crippen LogP contribution is -1.96. The van der Waals surface area contributed by atoms with Crippen LogP contribution in [-0.2, 0) is 0 Å². The molecular formula is C10H13FOS. The molecule has 1 aromatic carbocycles. The molecular weight excluding hydrogens is 187 g/mol. The molecule has 3 heteroatoms. The van der Waals surface area contributed by atoms with Crippen molar-refractivity contribution in [2.75, 3.05) is 6.26 Å². The third-order valence-electron chi connectivity index (χ3n) is 1.96. The largest absolute Gasteiger partial charge is 0.389 e. The van der Waals surface area contributed by atoms with Gasteiger partial charge in [-0.3, -0.25) is 0 Å². The molecule has 0 heterocycles. The van der Waals surface area contributed by atoms with Gasteiger partial charge >= 0.3 is 0 Å². The highest BCUT2D eigenvalue weighted by atomic mass is 32.2. The molecule has 0 spiro atoms. The van der Waals surface area contributed by atoms with Crippen LogP contribution < -0.4 is 0 Å². The zero-order valence-electron chi connectivity index (χ0n) is 7.97. The summed E-state index contributed by atoms with van der Waals surface area (Å²) >= 11 is 1.52. The van der Waals surface area contributed by atoms with Gasteiger partial charge in [-0.05, 0) is 43.4 Å². The molecule has 1 atom stereocenters. The molecule has 1 rings (SSSR count). The minimum absolute atomic E-state index is 0.256. The van der Waals surface area contributed by atoms with Crippen molar-refractivity contribution in [2.45, 2.75) is 24.8 Å². The summed E-state index contributed by atoms with van der Waals surface area (Å²) in [6.07, 6.45) is 1.30. The third kappa shape index (κ3) is 2.23. The average molecular weight is 200 g/mol. The number of halogens is 1. The summed E-state index contributed by atoms with van der Waals surface area (Å²) in [6.45, 7) is 3.37. The van der Waals surface area contributed by atoms with Gasteiger partial charge < -0.3 is 5.11 Å². The monoisotopic (exact) mass is 200 g/mol. The average Bonchev–Trinajstić information content (AvgIpc) is 2.08. The van der Waals surface area contributed by atoms with Crippen LogP contribution in [-0.4, -0.2) is 11.4 Å². The maximum Gasteiger partial charge on any atom is 0.126 e. The van der Waals surface area contributed by atoms with Gasteiger partial charge in [-0.2, -0.15) is 0 Å². The second-order valence-electron chi connectivity index (χ2n) is 3.02. The molecule has 0 saturated carbocycles. The van der Waals surface area contributed by atoms with E-state index in [0.717, 1.165) is 4.90 Å². The van der Waals surface area contributed by atoms with Crippen LogP contribution in [0, 0.1) is 12.7 Å². The second-order valence-corrected chi connectivity index (χ2v) is 3.87. The van der Waals surface area contributed by atoms with Crippen molar-refractivity contribution >= 4 is 11.8 Å². The number of hydrogen-bond donors (Lipinski definition) is 1. The summed E-state index contributed by atoms with van der Waals surface area (Å²) < 4.78 is 13.1. The summed E-state index contributed by atoms with van der Waals surface area (Å²) in [6, 6.07) is 3.17. The molecule has 0 bridgehead atoms. The van der Waals surface area contributed by atoms with Crippen molar-refractivity contribution in [3.63, 3.8) is 0 Å². The summed E-state index contributed by atoms with van der Waals surface area (Å²) in [5, 5.41) is 9.37. The van der Waals surface area contributed by atoms with E-state index in [-0.39, 0.29) is 5.82 Å². The van der Waals surface area contributed by atoms with E-state index in [1.165, 1.54) is 17.8 Å². The molecule has 0 aliphatic carbocycles. The van der Waals surface area contributed by atoms with E-state index >= 15 is 0 Å². The first-order chi connectivity index (χ1) is 6.06. The van der Waals surface area contributed by atoms with Gasteiger partial charge in [0.15, 0.2) is 0 Å². The van der Waals surface area contributed by atoms with Gasteiger partial charge in [-0.1, -0.05) is 0 Å². The molecule has 0 fully saturated rings. The minimum Gasteiger partial charge on any atom is -0.389 e. The van der Waals surface area contributed by atoms with E-state index in [9.17, 15) is 9.50 Å². The molecule has 13 heavy (non-hydrogen) atoms. The Balaban J connectivity index is 3.25. The van der Waals surface area contributed by atoms with Gasteiger partial charge in [0.1, 0.15) is 5.82 Å². The van der Waals surface area contributed by atoms with E-state index in [1.54, 1.807) is 19.9 Å². The van der Waals surface area contributed by atoms with E-state index in [0.29, 0.717) is 11.1 Å². The van der Waals surface area contributed by atoms with Crippen LogP contribution >= 0.6 is 11.8 Å². The molecule has 72 valence electrons. The van der Waals surface area contributed by atoms with E-state index in [1.807, 2.05) is 6.26 Å². The maximum absolute atomic E-state index is 13.1. The van der Waals surface area contributed by atoms with Crippen LogP contribution in [0.15, 0.2) is 17.0 Å². The second kappa shape index (κ2) is 4.11. The number of aryl methyl sites for hydroxylation is 1. The number of hydrogen-bond acceptors (Lipinski definition) is 2. The van der Waals surface area contributed by atoms with Gasteiger partial charge in [-0.25, -0.2) is 4.39 Å². The highest BCUT2D eigenvalue weighted by molar-refractivity contribution is 7.98. The van der Waals surface area contributed by atoms with Gasteiger partial charge in [0.2, 0.25) is 0 Å². The van der Waals surface area contributed by atoms with Crippen LogP contribution in [0.1, 0.15) is 24.2 Å². The highest BCUT2D eigenvalue weighted by Gasteiger charge is 2.10. The van der Waals surface area contributed by atoms with E-state index in [4.69, 9.17) is 0 Å². The van der Waals surface area contributed by atoms with Crippen molar-refractivity contribution < 1.29 is 9.50 Å². The standard InChI is InChI=1S/C10H13FOS/c1-6-4-10(13-3)8(7(2)12)5-9(6)11/h4-5,7,12H,1-3H3. The Labute approximate surface area is 82.0 Å². The molecule has 0 aromatic heterocycles. The van der Waals surface area contributed by atoms with Crippen LogP contribution in [0.4, 0.5) is 4.39 Å². The molecule has 0 aliphatic heterocycles. The Kier molecular flexibility index (Phi) is 3.33. The van der Waals surface area contributed by atoms with Crippen LogP contribution in [0.5, 0.6) is 0 Å². The lowest BCUT2D eigenvalue weighted by molar-refractivity contribution is 0.196. The van der Waals surface area contributed by atoms with Crippen molar-refractivity contribution in [1.82, 2.24) is 0 Å². The van der Waals surface area contributed by atoms with Crippen LogP contribution in [0.3, 0.4) is 0 Å². The normalized spacial score (nSPS) is 13.0. The molecule has 0 saturated heterocycles. The number of rotatable bonds is 2. The van der Waals surface area contributed by atoms with Gasteiger partial charge in [0, 0.05) is 4.90 Å². The van der Waals surface area contributed by atoms with Gasteiger partial charge in [0.05, 0.1) is 6.10 Å². The lowest BCUT2D eigenvalue weighted by atomic mass is 10.1. The lowest BCUT2D eigenvalue weighted by Gasteiger charge is -2.11. The van der Waals surface area contributed by atoms with Crippen LogP contribution in [0.2, 0.25) is 0 Å². The Hall–Kier alpha value is -0.540. The number of thioether (sulfide) groups is 1. The molecule has 1 unspecified atom stereocenters. The predicted molar refractivity (Wildman–Crippen MR) is 53.6 cm³/mol. The van der Waals surface area contributed by atoms with Crippen molar-refractivity contribution in [3.05, 3.63) is 29.1 Å². The van der Waals surface area contributed by atoms with Crippen molar-refractivity contribution in [2.24, 2.45) is 0 Å². The van der Waals surface area contributed by atoms with Crippen molar-refractivity contribution in [3.8, 4) is 0 Å². The zero-order valence-corrected chi connectivity index (χ0v) is 8.78. The highest BCUT2D eigenvalue weighted by Crippen LogP contribution is 2.28. The molecule has 1 nitrogen and oxygen atoms in total. The first kappa shape index (κ1) is 10.5. The fourth-order valence-electron chi connectivity index (χ4n) is 1.17.